The molecule has 0 aliphatic rings. The predicted molar refractivity (Wildman–Crippen MR) is 51.7 cm³/mol. The average molecular weight is 235 g/mol. The number of hydrogen-bond acceptors (Lipinski definition) is 1. The van der Waals surface area contributed by atoms with Crippen molar-refractivity contribution in [2.45, 2.75) is 25.4 Å². The molecule has 16 heavy (non-hydrogen) atoms. The highest BCUT2D eigenvalue weighted by molar-refractivity contribution is 5.27. The van der Waals surface area contributed by atoms with Gasteiger partial charge in [-0.3, -0.25) is 0 Å². The summed E-state index contributed by atoms with van der Waals surface area (Å²) in [5.41, 5.74) is 0.891. The summed E-state index contributed by atoms with van der Waals surface area (Å²) in [5, 5.41) is 0. The van der Waals surface area contributed by atoms with Gasteiger partial charge in [0.25, 0.3) is 0 Å². The van der Waals surface area contributed by atoms with Crippen LogP contribution in [0.2, 0.25) is 0 Å². The van der Waals surface area contributed by atoms with Crippen molar-refractivity contribution in [1.29, 1.82) is 0 Å². The molecule has 0 saturated carbocycles. The van der Waals surface area contributed by atoms with E-state index in [9.17, 15) is 17.6 Å². The monoisotopic (exact) mass is 235 g/mol. The van der Waals surface area contributed by atoms with E-state index in [0.717, 1.165) is 5.56 Å². The second-order valence-corrected chi connectivity index (χ2v) is 3.21. The van der Waals surface area contributed by atoms with Crippen molar-refractivity contribution < 1.29 is 22.3 Å². The topological polar surface area (TPSA) is 9.23 Å². The molecule has 0 aliphatic carbocycles. The maximum atomic E-state index is 12.5. The molecule has 0 heterocycles. The zero-order valence-corrected chi connectivity index (χ0v) is 8.43. The first-order chi connectivity index (χ1) is 7.45. The van der Waals surface area contributed by atoms with E-state index in [1.54, 1.807) is 12.1 Å². The van der Waals surface area contributed by atoms with Gasteiger partial charge in [0.15, 0.2) is 0 Å². The van der Waals surface area contributed by atoms with E-state index in [0.29, 0.717) is 12.8 Å². The van der Waals surface area contributed by atoms with Crippen LogP contribution in [0.5, 0.6) is 5.75 Å². The number of benzene rings is 1. The van der Waals surface area contributed by atoms with E-state index in [1.165, 1.54) is 12.1 Å². The van der Waals surface area contributed by atoms with E-state index < -0.39 is 12.5 Å². The molecule has 0 bridgehead atoms. The van der Waals surface area contributed by atoms with E-state index in [-0.39, 0.29) is 5.75 Å². The number of halogens is 4. The molecular formula is C11H11F4O. The van der Waals surface area contributed by atoms with Crippen molar-refractivity contribution in [3.63, 3.8) is 0 Å². The number of hydrogen-bond donors (Lipinski definition) is 0. The van der Waals surface area contributed by atoms with Crippen LogP contribution in [0.4, 0.5) is 17.6 Å². The summed E-state index contributed by atoms with van der Waals surface area (Å²) < 4.78 is 52.5. The van der Waals surface area contributed by atoms with Crippen LogP contribution in [-0.4, -0.2) is 12.5 Å². The summed E-state index contributed by atoms with van der Waals surface area (Å²) in [5.74, 6) is -0.280. The molecule has 1 rings (SSSR count). The molecule has 1 aromatic carbocycles. The molecule has 0 aromatic heterocycles. The lowest BCUT2D eigenvalue weighted by atomic mass is 10.1. The standard InChI is InChI=1S/C11H11F4O/c1-2-3-8-4-6-9(7-5-8)16-11(14,15)10(12)13/h4-7,10H,1-3H2. The van der Waals surface area contributed by atoms with Gasteiger partial charge in [0.1, 0.15) is 5.75 Å². The molecule has 0 saturated heterocycles. The second kappa shape index (κ2) is 5.18. The summed E-state index contributed by atoms with van der Waals surface area (Å²) in [6.07, 6.45) is -6.92. The largest absolute Gasteiger partial charge is 0.461 e. The van der Waals surface area contributed by atoms with Gasteiger partial charge < -0.3 is 4.74 Å². The second-order valence-electron chi connectivity index (χ2n) is 3.21. The van der Waals surface area contributed by atoms with Gasteiger partial charge in [-0.1, -0.05) is 19.1 Å². The van der Waals surface area contributed by atoms with Crippen molar-refractivity contribution in [2.75, 3.05) is 0 Å². The summed E-state index contributed by atoms with van der Waals surface area (Å²) >= 11 is 0. The van der Waals surface area contributed by atoms with E-state index in [4.69, 9.17) is 0 Å². The van der Waals surface area contributed by atoms with Crippen LogP contribution < -0.4 is 4.74 Å². The van der Waals surface area contributed by atoms with Crippen LogP contribution in [0.3, 0.4) is 0 Å². The van der Waals surface area contributed by atoms with Crippen molar-refractivity contribution in [2.24, 2.45) is 0 Å². The van der Waals surface area contributed by atoms with Crippen LogP contribution in [0, 0.1) is 6.92 Å². The Morgan fingerprint density at radius 3 is 2.19 bits per heavy atom. The number of alkyl halides is 4. The molecule has 0 aliphatic heterocycles. The van der Waals surface area contributed by atoms with Crippen molar-refractivity contribution >= 4 is 0 Å². The van der Waals surface area contributed by atoms with Gasteiger partial charge in [-0.15, -0.1) is 0 Å². The smallest absolute Gasteiger partial charge is 0.428 e. The minimum Gasteiger partial charge on any atom is -0.428 e. The Bertz CT molecular complexity index is 321. The van der Waals surface area contributed by atoms with E-state index in [1.807, 2.05) is 0 Å². The third-order valence-corrected chi connectivity index (χ3v) is 1.90. The summed E-state index contributed by atoms with van der Waals surface area (Å²) in [4.78, 5) is 0. The quantitative estimate of drug-likeness (QED) is 0.707. The lowest BCUT2D eigenvalue weighted by Crippen LogP contribution is -2.33. The molecule has 0 N–H and O–H groups in total. The highest BCUT2D eigenvalue weighted by Crippen LogP contribution is 2.27. The normalized spacial score (nSPS) is 11.9. The maximum absolute atomic E-state index is 12.5. The summed E-state index contributed by atoms with van der Waals surface area (Å²) in [6, 6.07) is 5.56. The Kier molecular flexibility index (Phi) is 4.15. The fraction of sp³-hybridized carbons (Fsp3) is 0.364. The Labute approximate surface area is 91.0 Å². The van der Waals surface area contributed by atoms with Gasteiger partial charge >= 0.3 is 12.5 Å². The van der Waals surface area contributed by atoms with Crippen molar-refractivity contribution in [1.82, 2.24) is 0 Å². The molecule has 5 heteroatoms. The highest BCUT2D eigenvalue weighted by Gasteiger charge is 2.43. The van der Waals surface area contributed by atoms with Gasteiger partial charge in [0.2, 0.25) is 0 Å². The minimum absolute atomic E-state index is 0.280. The molecule has 89 valence electrons. The SMILES string of the molecule is [CH2]CCc1ccc(OC(F)(F)C(F)F)cc1. The Morgan fingerprint density at radius 2 is 1.75 bits per heavy atom. The molecular weight excluding hydrogens is 224 g/mol. The maximum Gasteiger partial charge on any atom is 0.461 e. The Hall–Kier alpha value is -1.26. The van der Waals surface area contributed by atoms with Gasteiger partial charge in [0.05, 0.1) is 0 Å². The first-order valence-corrected chi connectivity index (χ1v) is 4.69. The number of rotatable bonds is 5. The van der Waals surface area contributed by atoms with Crippen molar-refractivity contribution in [3.05, 3.63) is 36.8 Å². The molecule has 0 atom stereocenters. The molecule has 1 nitrogen and oxygen atoms in total. The average Bonchev–Trinajstić information content (AvgIpc) is 2.21. The predicted octanol–water partition coefficient (Wildman–Crippen LogP) is 3.69. The van der Waals surface area contributed by atoms with E-state index >= 15 is 0 Å². The van der Waals surface area contributed by atoms with Gasteiger partial charge in [-0.05, 0) is 30.5 Å². The Morgan fingerprint density at radius 1 is 1.19 bits per heavy atom. The molecule has 0 spiro atoms. The van der Waals surface area contributed by atoms with Gasteiger partial charge in [-0.2, -0.15) is 17.6 Å². The Balaban J connectivity index is 2.68. The van der Waals surface area contributed by atoms with Crippen LogP contribution in [-0.2, 0) is 6.42 Å². The number of aryl methyl sites for hydroxylation is 1. The fourth-order valence-electron chi connectivity index (χ4n) is 1.13. The third kappa shape index (κ3) is 3.40. The molecule has 0 amide bonds. The molecule has 0 fully saturated rings. The summed E-state index contributed by atoms with van der Waals surface area (Å²) in [6.45, 7) is 3.64. The number of ether oxygens (including phenoxy) is 1. The first kappa shape index (κ1) is 12.8. The zero-order valence-electron chi connectivity index (χ0n) is 8.43. The summed E-state index contributed by atoms with van der Waals surface area (Å²) in [7, 11) is 0. The zero-order chi connectivity index (χ0) is 12.2. The minimum atomic E-state index is -4.45. The van der Waals surface area contributed by atoms with Crippen molar-refractivity contribution in [3.8, 4) is 5.75 Å². The molecule has 1 aromatic rings. The first-order valence-electron chi connectivity index (χ1n) is 4.69. The fourth-order valence-corrected chi connectivity index (χ4v) is 1.13. The van der Waals surface area contributed by atoms with Crippen LogP contribution >= 0.6 is 0 Å². The van der Waals surface area contributed by atoms with Crippen LogP contribution in [0.1, 0.15) is 12.0 Å². The van der Waals surface area contributed by atoms with Crippen LogP contribution in [0.25, 0.3) is 0 Å². The third-order valence-electron chi connectivity index (χ3n) is 1.90. The molecule has 0 unspecified atom stereocenters. The molecule has 1 radical (unpaired) electrons. The lowest BCUT2D eigenvalue weighted by Gasteiger charge is -2.16. The van der Waals surface area contributed by atoms with E-state index in [2.05, 4.69) is 11.7 Å². The van der Waals surface area contributed by atoms with Gasteiger partial charge in [0, 0.05) is 0 Å². The van der Waals surface area contributed by atoms with Gasteiger partial charge in [-0.25, -0.2) is 0 Å². The lowest BCUT2D eigenvalue weighted by molar-refractivity contribution is -0.253. The highest BCUT2D eigenvalue weighted by atomic mass is 19.3. The van der Waals surface area contributed by atoms with Crippen LogP contribution in [0.15, 0.2) is 24.3 Å².